The van der Waals surface area contributed by atoms with Crippen LogP contribution in [-0.2, 0) is 19.1 Å². The minimum Gasteiger partial charge on any atom is -0.396 e. The molecule has 0 saturated carbocycles. The van der Waals surface area contributed by atoms with Gasteiger partial charge < -0.3 is 24.5 Å². The van der Waals surface area contributed by atoms with Crippen molar-refractivity contribution in [1.29, 1.82) is 0 Å². The van der Waals surface area contributed by atoms with E-state index in [1.54, 1.807) is 26.9 Å². The van der Waals surface area contributed by atoms with Gasteiger partial charge in [0.25, 0.3) is 0 Å². The highest BCUT2D eigenvalue weighted by Gasteiger charge is 2.79. The first-order chi connectivity index (χ1) is 19.9. The standard InChI is InChI=1S/C33H47N3O5/c1-5-9-13-22-34(20-6-2)31(40)28-33-19-18-32(8-4,41-33)26(27(33)30(39)36(28)23-14-15-24-37)29(38)35(21-7-3)25-16-11-10-12-17-25/h6-7,10-12,16-17,26-28,37H,2-3,5,8-9,13-15,18-24H2,1,4H3/t26-,27-,28?,32+,33?/m0/s1. The van der Waals surface area contributed by atoms with Crippen molar-refractivity contribution < 1.29 is 24.2 Å². The van der Waals surface area contributed by atoms with Gasteiger partial charge in [0, 0.05) is 38.5 Å². The second kappa shape index (κ2) is 13.3. The molecule has 3 amide bonds. The van der Waals surface area contributed by atoms with Crippen LogP contribution in [0.15, 0.2) is 55.6 Å². The fourth-order valence-electron chi connectivity index (χ4n) is 7.41. The molecule has 0 aliphatic carbocycles. The smallest absolute Gasteiger partial charge is 0.248 e. The second-order valence-corrected chi connectivity index (χ2v) is 11.6. The van der Waals surface area contributed by atoms with Crippen molar-refractivity contribution in [2.45, 2.75) is 82.5 Å². The molecule has 3 fully saturated rings. The SMILES string of the molecule is C=CCN(CCCCC)C(=O)C1N(CCCCO)C(=O)[C@@H]2[C@@H](C(=O)N(CC=C)c3ccccc3)[C@@]3(CC)CCC12O3. The quantitative estimate of drug-likeness (QED) is 0.238. The number of anilines is 1. The first kappa shape index (κ1) is 31.0. The molecule has 1 aromatic rings. The molecule has 2 unspecified atom stereocenters. The summed E-state index contributed by atoms with van der Waals surface area (Å²) in [4.78, 5) is 48.5. The van der Waals surface area contributed by atoms with Gasteiger partial charge >= 0.3 is 0 Å². The van der Waals surface area contributed by atoms with E-state index in [0.29, 0.717) is 58.3 Å². The van der Waals surface area contributed by atoms with Crippen molar-refractivity contribution in [1.82, 2.24) is 9.80 Å². The van der Waals surface area contributed by atoms with E-state index in [1.165, 1.54) is 0 Å². The average Bonchev–Trinajstić information content (AvgIpc) is 3.59. The molecule has 0 aromatic heterocycles. The summed E-state index contributed by atoms with van der Waals surface area (Å²) >= 11 is 0. The van der Waals surface area contributed by atoms with Crippen LogP contribution < -0.4 is 4.90 Å². The second-order valence-electron chi connectivity index (χ2n) is 11.6. The number of fused-ring (bicyclic) bond motifs is 1. The number of para-hydroxylation sites is 1. The van der Waals surface area contributed by atoms with E-state index in [0.717, 1.165) is 24.9 Å². The van der Waals surface area contributed by atoms with Crippen LogP contribution in [0.5, 0.6) is 0 Å². The van der Waals surface area contributed by atoms with Crippen molar-refractivity contribution in [3.05, 3.63) is 55.6 Å². The summed E-state index contributed by atoms with van der Waals surface area (Å²) in [6.07, 6.45) is 9.16. The van der Waals surface area contributed by atoms with Gasteiger partial charge in [-0.25, -0.2) is 0 Å². The summed E-state index contributed by atoms with van der Waals surface area (Å²) in [5, 5.41) is 9.45. The predicted octanol–water partition coefficient (Wildman–Crippen LogP) is 4.34. The minimum atomic E-state index is -1.07. The van der Waals surface area contributed by atoms with E-state index in [-0.39, 0.29) is 24.3 Å². The Balaban J connectivity index is 1.77. The summed E-state index contributed by atoms with van der Waals surface area (Å²) in [5.74, 6) is -1.93. The number of benzene rings is 1. The minimum absolute atomic E-state index is 0.0129. The third kappa shape index (κ3) is 5.48. The Bertz CT molecular complexity index is 1110. The number of carbonyl (C=O) groups is 3. The number of aliphatic hydroxyl groups is 1. The summed E-state index contributed by atoms with van der Waals surface area (Å²) in [5.41, 5.74) is -1.14. The number of rotatable bonds is 16. The molecule has 8 heteroatoms. The van der Waals surface area contributed by atoms with Crippen molar-refractivity contribution in [2.75, 3.05) is 37.7 Å². The number of likely N-dealkylation sites (tertiary alicyclic amines) is 1. The lowest BCUT2D eigenvalue weighted by Gasteiger charge is -2.37. The summed E-state index contributed by atoms with van der Waals surface area (Å²) in [6.45, 7) is 13.5. The number of nitrogens with zero attached hydrogens (tertiary/aromatic N) is 3. The zero-order valence-corrected chi connectivity index (χ0v) is 24.8. The molecule has 224 valence electrons. The number of aliphatic hydroxyl groups excluding tert-OH is 1. The summed E-state index contributed by atoms with van der Waals surface area (Å²) < 4.78 is 6.95. The fourth-order valence-corrected chi connectivity index (χ4v) is 7.41. The van der Waals surface area contributed by atoms with Crippen molar-refractivity contribution in [3.8, 4) is 0 Å². The molecular formula is C33H47N3O5. The van der Waals surface area contributed by atoms with Gasteiger partial charge in [0.1, 0.15) is 11.6 Å². The van der Waals surface area contributed by atoms with Crippen molar-refractivity contribution in [3.63, 3.8) is 0 Å². The molecule has 5 atom stereocenters. The summed E-state index contributed by atoms with van der Waals surface area (Å²) in [7, 11) is 0. The molecule has 0 radical (unpaired) electrons. The highest BCUT2D eigenvalue weighted by atomic mass is 16.5. The Morgan fingerprint density at radius 2 is 1.78 bits per heavy atom. The Morgan fingerprint density at radius 1 is 1.05 bits per heavy atom. The number of carbonyl (C=O) groups excluding carboxylic acids is 3. The molecule has 4 rings (SSSR count). The zero-order valence-electron chi connectivity index (χ0n) is 24.8. The fraction of sp³-hybridized carbons (Fsp3) is 0.606. The summed E-state index contributed by atoms with van der Waals surface area (Å²) in [6, 6.07) is 8.64. The predicted molar refractivity (Wildman–Crippen MR) is 160 cm³/mol. The van der Waals surface area contributed by atoms with Gasteiger partial charge in [-0.2, -0.15) is 0 Å². The first-order valence-electron chi connectivity index (χ1n) is 15.3. The Kier molecular flexibility index (Phi) is 10.1. The van der Waals surface area contributed by atoms with Gasteiger partial charge in [-0.15, -0.1) is 13.2 Å². The molecule has 1 N–H and O–H groups in total. The number of amides is 3. The molecule has 1 spiro atoms. The van der Waals surface area contributed by atoms with Crippen LogP contribution in [0.3, 0.4) is 0 Å². The molecule has 3 saturated heterocycles. The normalized spacial score (nSPS) is 28.0. The van der Waals surface area contributed by atoms with E-state index < -0.39 is 29.1 Å². The number of ether oxygens (including phenoxy) is 1. The Morgan fingerprint density at radius 3 is 2.41 bits per heavy atom. The first-order valence-corrected chi connectivity index (χ1v) is 15.3. The van der Waals surface area contributed by atoms with E-state index in [4.69, 9.17) is 4.74 Å². The largest absolute Gasteiger partial charge is 0.396 e. The lowest BCUT2D eigenvalue weighted by Crippen LogP contribution is -2.56. The number of hydrogen-bond acceptors (Lipinski definition) is 5. The number of hydrogen-bond donors (Lipinski definition) is 1. The molecule has 1 aromatic carbocycles. The van der Waals surface area contributed by atoms with E-state index in [2.05, 4.69) is 20.1 Å². The Labute approximate surface area is 245 Å². The van der Waals surface area contributed by atoms with E-state index >= 15 is 0 Å². The molecule has 8 nitrogen and oxygen atoms in total. The average molecular weight is 566 g/mol. The van der Waals surface area contributed by atoms with E-state index in [1.807, 2.05) is 37.3 Å². The Hall–Kier alpha value is -2.97. The third-order valence-electron chi connectivity index (χ3n) is 9.33. The highest BCUT2D eigenvalue weighted by molar-refractivity contribution is 6.03. The molecule has 3 aliphatic heterocycles. The topological polar surface area (TPSA) is 90.4 Å². The highest BCUT2D eigenvalue weighted by Crippen LogP contribution is 2.64. The van der Waals surface area contributed by atoms with Gasteiger partial charge in [0.15, 0.2) is 0 Å². The van der Waals surface area contributed by atoms with Crippen molar-refractivity contribution >= 4 is 23.4 Å². The monoisotopic (exact) mass is 565 g/mol. The van der Waals surface area contributed by atoms with E-state index in [9.17, 15) is 19.5 Å². The zero-order chi connectivity index (χ0) is 29.6. The van der Waals surface area contributed by atoms with Gasteiger partial charge in [-0.1, -0.05) is 57.0 Å². The molecule has 3 aliphatic rings. The van der Waals surface area contributed by atoms with Gasteiger partial charge in [-0.05, 0) is 50.7 Å². The van der Waals surface area contributed by atoms with Gasteiger partial charge in [-0.3, -0.25) is 14.4 Å². The van der Waals surface area contributed by atoms with Gasteiger partial charge in [0.05, 0.1) is 17.4 Å². The maximum absolute atomic E-state index is 14.5. The van der Waals surface area contributed by atoms with Crippen LogP contribution in [0.2, 0.25) is 0 Å². The van der Waals surface area contributed by atoms with Crippen LogP contribution in [0.1, 0.15) is 65.2 Å². The van der Waals surface area contributed by atoms with Gasteiger partial charge in [0.2, 0.25) is 17.7 Å². The maximum Gasteiger partial charge on any atom is 0.248 e. The lowest BCUT2D eigenvalue weighted by molar-refractivity contribution is -0.152. The number of unbranched alkanes of at least 4 members (excludes halogenated alkanes) is 3. The third-order valence-corrected chi connectivity index (χ3v) is 9.33. The lowest BCUT2D eigenvalue weighted by atomic mass is 9.64. The molecule has 41 heavy (non-hydrogen) atoms. The van der Waals surface area contributed by atoms with Crippen LogP contribution in [0.25, 0.3) is 0 Å². The van der Waals surface area contributed by atoms with Crippen LogP contribution >= 0.6 is 0 Å². The van der Waals surface area contributed by atoms with Crippen LogP contribution in [0, 0.1) is 11.8 Å². The van der Waals surface area contributed by atoms with Crippen molar-refractivity contribution in [2.24, 2.45) is 11.8 Å². The van der Waals surface area contributed by atoms with Crippen LogP contribution in [-0.4, -0.2) is 82.7 Å². The molecule has 3 heterocycles. The van der Waals surface area contributed by atoms with Crippen LogP contribution in [0.4, 0.5) is 5.69 Å². The molecule has 2 bridgehead atoms. The molecular weight excluding hydrogens is 518 g/mol. The maximum atomic E-state index is 14.5.